The normalized spacial score (nSPS) is 16.4. The van der Waals surface area contributed by atoms with Gasteiger partial charge in [0, 0.05) is 17.8 Å². The van der Waals surface area contributed by atoms with Crippen LogP contribution in [0.15, 0.2) is 53.1 Å². The summed E-state index contributed by atoms with van der Waals surface area (Å²) in [6, 6.07) is 15.6. The highest BCUT2D eigenvalue weighted by molar-refractivity contribution is 5.86. The van der Waals surface area contributed by atoms with E-state index in [4.69, 9.17) is 9.26 Å². The average Bonchev–Trinajstić information content (AvgIpc) is 3.03. The predicted octanol–water partition coefficient (Wildman–Crippen LogP) is 2.74. The first-order chi connectivity index (χ1) is 11.8. The molecule has 0 saturated carbocycles. The fourth-order valence-corrected chi connectivity index (χ4v) is 3.06. The minimum absolute atomic E-state index is 0.0482. The van der Waals surface area contributed by atoms with Crippen molar-refractivity contribution in [2.75, 3.05) is 13.2 Å². The van der Waals surface area contributed by atoms with Crippen LogP contribution in [-0.4, -0.2) is 24.2 Å². The SMILES string of the molecule is O=C(Cc1noc2ccccc12)NCC1COc2ccccc2C1. The molecule has 24 heavy (non-hydrogen) atoms. The highest BCUT2D eigenvalue weighted by Crippen LogP contribution is 2.26. The third-order valence-electron chi connectivity index (χ3n) is 4.32. The molecule has 1 amide bonds. The zero-order valence-corrected chi connectivity index (χ0v) is 13.2. The first-order valence-electron chi connectivity index (χ1n) is 8.10. The maximum atomic E-state index is 12.2. The maximum Gasteiger partial charge on any atom is 0.226 e. The van der Waals surface area contributed by atoms with E-state index in [1.165, 1.54) is 5.56 Å². The van der Waals surface area contributed by atoms with Gasteiger partial charge in [-0.2, -0.15) is 0 Å². The summed E-state index contributed by atoms with van der Waals surface area (Å²) >= 11 is 0. The molecule has 1 aromatic heterocycles. The van der Waals surface area contributed by atoms with Gasteiger partial charge in [0.2, 0.25) is 5.91 Å². The Hall–Kier alpha value is -2.82. The number of ether oxygens (including phenoxy) is 1. The lowest BCUT2D eigenvalue weighted by Gasteiger charge is -2.25. The number of nitrogens with one attached hydrogen (secondary N) is 1. The molecule has 0 radical (unpaired) electrons. The molecule has 1 unspecified atom stereocenters. The number of para-hydroxylation sites is 2. The van der Waals surface area contributed by atoms with E-state index >= 15 is 0 Å². The molecule has 2 aromatic carbocycles. The Morgan fingerprint density at radius 2 is 2.00 bits per heavy atom. The van der Waals surface area contributed by atoms with Crippen molar-refractivity contribution in [3.63, 3.8) is 0 Å². The molecule has 5 nitrogen and oxygen atoms in total. The van der Waals surface area contributed by atoms with Crippen LogP contribution in [0.5, 0.6) is 5.75 Å². The molecule has 1 N–H and O–H groups in total. The molecule has 2 heterocycles. The third kappa shape index (κ3) is 2.97. The van der Waals surface area contributed by atoms with Crippen LogP contribution in [0.4, 0.5) is 0 Å². The highest BCUT2D eigenvalue weighted by atomic mass is 16.5. The molecule has 122 valence electrons. The summed E-state index contributed by atoms with van der Waals surface area (Å²) in [6.45, 7) is 1.23. The van der Waals surface area contributed by atoms with Crippen LogP contribution in [0.3, 0.4) is 0 Å². The summed E-state index contributed by atoms with van der Waals surface area (Å²) in [4.78, 5) is 12.2. The lowest BCUT2D eigenvalue weighted by molar-refractivity contribution is -0.120. The van der Waals surface area contributed by atoms with Crippen molar-refractivity contribution in [3.05, 3.63) is 59.8 Å². The van der Waals surface area contributed by atoms with E-state index in [0.717, 1.165) is 17.6 Å². The first-order valence-corrected chi connectivity index (χ1v) is 8.10. The number of nitrogens with zero attached hydrogens (tertiary/aromatic N) is 1. The van der Waals surface area contributed by atoms with E-state index < -0.39 is 0 Å². The van der Waals surface area contributed by atoms with E-state index in [9.17, 15) is 4.79 Å². The number of carbonyl (C=O) groups is 1. The second-order valence-electron chi connectivity index (χ2n) is 6.10. The van der Waals surface area contributed by atoms with Gasteiger partial charge in [-0.3, -0.25) is 4.79 Å². The van der Waals surface area contributed by atoms with Gasteiger partial charge in [-0.1, -0.05) is 35.5 Å². The van der Waals surface area contributed by atoms with Gasteiger partial charge in [-0.15, -0.1) is 0 Å². The Morgan fingerprint density at radius 1 is 1.17 bits per heavy atom. The van der Waals surface area contributed by atoms with Crippen molar-refractivity contribution in [1.82, 2.24) is 10.5 Å². The predicted molar refractivity (Wildman–Crippen MR) is 89.9 cm³/mol. The van der Waals surface area contributed by atoms with Gasteiger partial charge in [-0.05, 0) is 30.2 Å². The molecule has 3 aromatic rings. The van der Waals surface area contributed by atoms with Crippen molar-refractivity contribution >= 4 is 16.9 Å². The van der Waals surface area contributed by atoms with Crippen molar-refractivity contribution < 1.29 is 14.1 Å². The van der Waals surface area contributed by atoms with Crippen LogP contribution in [0, 0.1) is 5.92 Å². The Morgan fingerprint density at radius 3 is 2.96 bits per heavy atom. The van der Waals surface area contributed by atoms with Crippen LogP contribution in [-0.2, 0) is 17.6 Å². The van der Waals surface area contributed by atoms with Gasteiger partial charge in [0.1, 0.15) is 11.4 Å². The quantitative estimate of drug-likeness (QED) is 0.802. The molecular weight excluding hydrogens is 304 g/mol. The lowest BCUT2D eigenvalue weighted by Crippen LogP contribution is -2.35. The second kappa shape index (κ2) is 6.35. The summed E-state index contributed by atoms with van der Waals surface area (Å²) in [6.07, 6.45) is 1.14. The number of fused-ring (bicyclic) bond motifs is 2. The van der Waals surface area contributed by atoms with E-state index in [2.05, 4.69) is 16.5 Å². The third-order valence-corrected chi connectivity index (χ3v) is 4.32. The summed E-state index contributed by atoms with van der Waals surface area (Å²) < 4.78 is 11.0. The second-order valence-corrected chi connectivity index (χ2v) is 6.10. The molecule has 5 heteroatoms. The van der Waals surface area contributed by atoms with Gasteiger partial charge in [-0.25, -0.2) is 0 Å². The molecule has 0 fully saturated rings. The highest BCUT2D eigenvalue weighted by Gasteiger charge is 2.20. The Bertz CT molecular complexity index is 872. The first kappa shape index (κ1) is 14.8. The summed E-state index contributed by atoms with van der Waals surface area (Å²) in [5.74, 6) is 1.19. The summed E-state index contributed by atoms with van der Waals surface area (Å²) in [5.41, 5.74) is 2.58. The number of rotatable bonds is 4. The Kier molecular flexibility index (Phi) is 3.91. The molecule has 0 spiro atoms. The summed E-state index contributed by atoms with van der Waals surface area (Å²) in [7, 11) is 0. The number of amides is 1. The van der Waals surface area contributed by atoms with Crippen LogP contribution < -0.4 is 10.1 Å². The van der Waals surface area contributed by atoms with E-state index in [0.29, 0.717) is 24.4 Å². The van der Waals surface area contributed by atoms with Crippen LogP contribution >= 0.6 is 0 Å². The molecule has 0 saturated heterocycles. The molecule has 1 aliphatic heterocycles. The number of hydrogen-bond acceptors (Lipinski definition) is 4. The fourth-order valence-electron chi connectivity index (χ4n) is 3.06. The van der Waals surface area contributed by atoms with Crippen molar-refractivity contribution in [3.8, 4) is 5.75 Å². The molecular formula is C19H18N2O3. The van der Waals surface area contributed by atoms with Gasteiger partial charge < -0.3 is 14.6 Å². The molecule has 0 bridgehead atoms. The maximum absolute atomic E-state index is 12.2. The number of carbonyl (C=O) groups excluding carboxylic acids is 1. The summed E-state index contributed by atoms with van der Waals surface area (Å²) in [5, 5.41) is 7.88. The van der Waals surface area contributed by atoms with Crippen molar-refractivity contribution in [2.24, 2.45) is 5.92 Å². The van der Waals surface area contributed by atoms with Crippen molar-refractivity contribution in [1.29, 1.82) is 0 Å². The smallest absolute Gasteiger partial charge is 0.226 e. The average molecular weight is 322 g/mol. The Balaban J connectivity index is 1.34. The van der Waals surface area contributed by atoms with Crippen LogP contribution in [0.1, 0.15) is 11.3 Å². The minimum Gasteiger partial charge on any atom is -0.493 e. The topological polar surface area (TPSA) is 64.4 Å². The zero-order chi connectivity index (χ0) is 16.4. The van der Waals surface area contributed by atoms with Crippen LogP contribution in [0.2, 0.25) is 0 Å². The molecule has 1 atom stereocenters. The minimum atomic E-state index is -0.0482. The number of aromatic nitrogens is 1. The number of hydrogen-bond donors (Lipinski definition) is 1. The van der Waals surface area contributed by atoms with Gasteiger partial charge in [0.15, 0.2) is 5.58 Å². The largest absolute Gasteiger partial charge is 0.493 e. The van der Waals surface area contributed by atoms with Gasteiger partial charge in [0.25, 0.3) is 0 Å². The fraction of sp³-hybridized carbons (Fsp3) is 0.263. The van der Waals surface area contributed by atoms with Gasteiger partial charge in [0.05, 0.1) is 13.0 Å². The molecule has 4 rings (SSSR count). The lowest BCUT2D eigenvalue weighted by atomic mass is 9.97. The number of benzene rings is 2. The van der Waals surface area contributed by atoms with E-state index in [1.54, 1.807) is 0 Å². The Labute approximate surface area is 139 Å². The molecule has 1 aliphatic rings. The molecule has 0 aliphatic carbocycles. The zero-order valence-electron chi connectivity index (χ0n) is 13.2. The van der Waals surface area contributed by atoms with Crippen molar-refractivity contribution in [2.45, 2.75) is 12.8 Å². The van der Waals surface area contributed by atoms with Crippen LogP contribution in [0.25, 0.3) is 11.0 Å². The van der Waals surface area contributed by atoms with E-state index in [1.807, 2.05) is 42.5 Å². The van der Waals surface area contributed by atoms with E-state index in [-0.39, 0.29) is 18.2 Å². The monoisotopic (exact) mass is 322 g/mol. The van der Waals surface area contributed by atoms with Gasteiger partial charge >= 0.3 is 0 Å². The standard InChI is InChI=1S/C19H18N2O3/c22-19(10-16-15-6-2-4-8-18(15)24-21-16)20-11-13-9-14-5-1-3-7-17(14)23-12-13/h1-8,13H,9-12H2,(H,20,22).